The topological polar surface area (TPSA) is 35.5 Å². The van der Waals surface area contributed by atoms with Crippen molar-refractivity contribution < 1.29 is 5.11 Å². The van der Waals surface area contributed by atoms with Crippen LogP contribution in [0.2, 0.25) is 0 Å². The molecule has 3 nitrogen and oxygen atoms in total. The number of hydrogen-bond acceptors (Lipinski definition) is 3. The molecule has 1 aliphatic rings. The van der Waals surface area contributed by atoms with E-state index in [1.807, 2.05) is 0 Å². The fourth-order valence-corrected chi connectivity index (χ4v) is 2.84. The van der Waals surface area contributed by atoms with Gasteiger partial charge in [0.05, 0.1) is 12.1 Å². The molecule has 106 valence electrons. The summed E-state index contributed by atoms with van der Waals surface area (Å²) in [7, 11) is 0. The van der Waals surface area contributed by atoms with Crippen molar-refractivity contribution in [2.75, 3.05) is 24.6 Å². The number of hydrogen-bond donors (Lipinski definition) is 2. The van der Waals surface area contributed by atoms with Crippen LogP contribution in [0.4, 0.5) is 5.69 Å². The van der Waals surface area contributed by atoms with Crippen molar-refractivity contribution >= 4 is 5.69 Å². The first kappa shape index (κ1) is 14.4. The van der Waals surface area contributed by atoms with E-state index in [1.54, 1.807) is 0 Å². The first-order chi connectivity index (χ1) is 9.09. The van der Waals surface area contributed by atoms with Gasteiger partial charge in [-0.25, -0.2) is 0 Å². The Hall–Kier alpha value is -1.06. The Labute approximate surface area is 116 Å². The molecule has 0 saturated heterocycles. The number of rotatable bonds is 6. The lowest BCUT2D eigenvalue weighted by Crippen LogP contribution is -2.55. The smallest absolute Gasteiger partial charge is 0.0627 e. The third kappa shape index (κ3) is 3.10. The summed E-state index contributed by atoms with van der Waals surface area (Å²) < 4.78 is 0. The Morgan fingerprint density at radius 1 is 1.42 bits per heavy atom. The van der Waals surface area contributed by atoms with Crippen molar-refractivity contribution in [2.24, 2.45) is 0 Å². The number of anilines is 1. The second kappa shape index (κ2) is 5.93. The van der Waals surface area contributed by atoms with Crippen molar-refractivity contribution in [1.82, 2.24) is 5.32 Å². The van der Waals surface area contributed by atoms with Gasteiger partial charge in [-0.3, -0.25) is 0 Å². The summed E-state index contributed by atoms with van der Waals surface area (Å²) in [6, 6.07) is 9.11. The number of para-hydroxylation sites is 1. The third-order valence-electron chi connectivity index (χ3n) is 4.02. The molecule has 1 aromatic carbocycles. The van der Waals surface area contributed by atoms with Crippen molar-refractivity contribution in [1.29, 1.82) is 0 Å². The van der Waals surface area contributed by atoms with E-state index in [1.165, 1.54) is 11.3 Å². The van der Waals surface area contributed by atoms with Gasteiger partial charge in [-0.2, -0.15) is 0 Å². The zero-order chi connectivity index (χ0) is 13.9. The molecule has 0 amide bonds. The van der Waals surface area contributed by atoms with E-state index in [4.69, 9.17) is 0 Å². The van der Waals surface area contributed by atoms with Gasteiger partial charge in [-0.05, 0) is 44.9 Å². The first-order valence-corrected chi connectivity index (χ1v) is 7.30. The molecule has 19 heavy (non-hydrogen) atoms. The fourth-order valence-electron chi connectivity index (χ4n) is 2.84. The predicted octanol–water partition coefficient (Wildman–Crippen LogP) is 2.19. The molecule has 0 aromatic heterocycles. The van der Waals surface area contributed by atoms with Crippen LogP contribution in [0.15, 0.2) is 24.3 Å². The maximum atomic E-state index is 9.72. The van der Waals surface area contributed by atoms with Gasteiger partial charge in [0.25, 0.3) is 0 Å². The number of aliphatic hydroxyl groups is 1. The number of aliphatic hydroxyl groups excluding tert-OH is 1. The Morgan fingerprint density at radius 2 is 2.16 bits per heavy atom. The molecule has 1 heterocycles. The van der Waals surface area contributed by atoms with E-state index < -0.39 is 0 Å². The van der Waals surface area contributed by atoms with E-state index in [0.29, 0.717) is 6.04 Å². The lowest BCUT2D eigenvalue weighted by Gasteiger charge is -2.36. The zero-order valence-electron chi connectivity index (χ0n) is 12.3. The molecule has 0 radical (unpaired) electrons. The highest BCUT2D eigenvalue weighted by Crippen LogP contribution is 2.32. The average Bonchev–Trinajstić information content (AvgIpc) is 2.73. The summed E-state index contributed by atoms with van der Waals surface area (Å²) in [6.45, 7) is 8.48. The van der Waals surface area contributed by atoms with Crippen molar-refractivity contribution in [2.45, 2.75) is 45.2 Å². The molecule has 0 fully saturated rings. The summed E-state index contributed by atoms with van der Waals surface area (Å²) in [5, 5.41) is 13.2. The van der Waals surface area contributed by atoms with Crippen LogP contribution in [0.25, 0.3) is 0 Å². The van der Waals surface area contributed by atoms with Gasteiger partial charge in [0, 0.05) is 18.3 Å². The molecule has 0 spiro atoms. The maximum Gasteiger partial charge on any atom is 0.0627 e. The molecule has 1 aromatic rings. The van der Waals surface area contributed by atoms with Crippen molar-refractivity contribution in [3.63, 3.8) is 0 Å². The van der Waals surface area contributed by atoms with Crippen molar-refractivity contribution in [3.05, 3.63) is 29.8 Å². The van der Waals surface area contributed by atoms with Gasteiger partial charge in [-0.15, -0.1) is 0 Å². The van der Waals surface area contributed by atoms with E-state index in [2.05, 4.69) is 55.3 Å². The summed E-state index contributed by atoms with van der Waals surface area (Å²) >= 11 is 0. The van der Waals surface area contributed by atoms with Gasteiger partial charge in [-0.1, -0.05) is 25.1 Å². The normalized spacial score (nSPS) is 21.3. The molecule has 0 aliphatic carbocycles. The van der Waals surface area contributed by atoms with Crippen LogP contribution in [-0.4, -0.2) is 36.4 Å². The maximum absolute atomic E-state index is 9.72. The minimum absolute atomic E-state index is 0.165. The SMILES string of the molecule is CCCNC(C)(CO)CN1c2ccccc2CC1C. The monoisotopic (exact) mass is 262 g/mol. The van der Waals surface area contributed by atoms with E-state index in [-0.39, 0.29) is 12.1 Å². The number of nitrogens with one attached hydrogen (secondary N) is 1. The largest absolute Gasteiger partial charge is 0.394 e. The standard InChI is InChI=1S/C16H26N2O/c1-4-9-17-16(3,12-19)11-18-13(2)10-14-7-5-6-8-15(14)18/h5-8,13,17,19H,4,9-12H2,1-3H3. The predicted molar refractivity (Wildman–Crippen MR) is 80.7 cm³/mol. The summed E-state index contributed by atoms with van der Waals surface area (Å²) in [5.41, 5.74) is 2.51. The van der Waals surface area contributed by atoms with E-state index >= 15 is 0 Å². The molecule has 0 saturated carbocycles. The second-order valence-corrected chi connectivity index (χ2v) is 5.96. The lowest BCUT2D eigenvalue weighted by molar-refractivity contribution is 0.176. The van der Waals surface area contributed by atoms with Crippen LogP contribution < -0.4 is 10.2 Å². The highest BCUT2D eigenvalue weighted by Gasteiger charge is 2.32. The zero-order valence-corrected chi connectivity index (χ0v) is 12.3. The van der Waals surface area contributed by atoms with Gasteiger partial charge in [0.2, 0.25) is 0 Å². The van der Waals surface area contributed by atoms with E-state index in [9.17, 15) is 5.11 Å². The Bertz CT molecular complexity index is 421. The van der Waals surface area contributed by atoms with Gasteiger partial charge in [0.15, 0.2) is 0 Å². The van der Waals surface area contributed by atoms with Crippen LogP contribution >= 0.6 is 0 Å². The Kier molecular flexibility index (Phi) is 4.48. The van der Waals surface area contributed by atoms with Gasteiger partial charge in [0.1, 0.15) is 0 Å². The van der Waals surface area contributed by atoms with Crippen LogP contribution in [0.5, 0.6) is 0 Å². The summed E-state index contributed by atoms with van der Waals surface area (Å²) in [4.78, 5) is 2.42. The van der Waals surface area contributed by atoms with Crippen molar-refractivity contribution in [3.8, 4) is 0 Å². The highest BCUT2D eigenvalue weighted by atomic mass is 16.3. The Balaban J connectivity index is 2.13. The first-order valence-electron chi connectivity index (χ1n) is 7.30. The molecule has 1 aliphatic heterocycles. The second-order valence-electron chi connectivity index (χ2n) is 5.96. The average molecular weight is 262 g/mol. The van der Waals surface area contributed by atoms with Crippen LogP contribution in [0, 0.1) is 0 Å². The molecular weight excluding hydrogens is 236 g/mol. The molecular formula is C16H26N2O. The fraction of sp³-hybridized carbons (Fsp3) is 0.625. The molecule has 0 bridgehead atoms. The Morgan fingerprint density at radius 3 is 2.84 bits per heavy atom. The molecule has 2 unspecified atom stereocenters. The third-order valence-corrected chi connectivity index (χ3v) is 4.02. The molecule has 3 heteroatoms. The van der Waals surface area contributed by atoms with Crippen LogP contribution in [0.3, 0.4) is 0 Å². The highest BCUT2D eigenvalue weighted by molar-refractivity contribution is 5.59. The van der Waals surface area contributed by atoms with E-state index in [0.717, 1.165) is 25.9 Å². The quantitative estimate of drug-likeness (QED) is 0.825. The minimum Gasteiger partial charge on any atom is -0.394 e. The minimum atomic E-state index is -0.234. The summed E-state index contributed by atoms with van der Waals surface area (Å²) in [5.74, 6) is 0. The summed E-state index contributed by atoms with van der Waals surface area (Å²) in [6.07, 6.45) is 2.19. The number of fused-ring (bicyclic) bond motifs is 1. The molecule has 2 atom stereocenters. The number of nitrogens with zero attached hydrogens (tertiary/aromatic N) is 1. The van der Waals surface area contributed by atoms with Crippen LogP contribution in [0.1, 0.15) is 32.8 Å². The van der Waals surface area contributed by atoms with Crippen LogP contribution in [-0.2, 0) is 6.42 Å². The number of benzene rings is 1. The molecule has 2 rings (SSSR count). The van der Waals surface area contributed by atoms with Gasteiger partial charge >= 0.3 is 0 Å². The van der Waals surface area contributed by atoms with Gasteiger partial charge < -0.3 is 15.3 Å². The molecule has 2 N–H and O–H groups in total. The lowest BCUT2D eigenvalue weighted by atomic mass is 10.0.